The van der Waals surface area contributed by atoms with Gasteiger partial charge in [-0.3, -0.25) is 9.78 Å². The first-order valence-electron chi connectivity index (χ1n) is 11.1. The van der Waals surface area contributed by atoms with Crippen molar-refractivity contribution in [3.63, 3.8) is 0 Å². The predicted octanol–water partition coefficient (Wildman–Crippen LogP) is 3.81. The van der Waals surface area contributed by atoms with Gasteiger partial charge >= 0.3 is 0 Å². The molecule has 1 fully saturated rings. The minimum atomic E-state index is -0.558. The Morgan fingerprint density at radius 3 is 2.33 bits per heavy atom. The van der Waals surface area contributed by atoms with Crippen molar-refractivity contribution in [2.24, 2.45) is 0 Å². The molecule has 4 aromatic rings. The number of nitrogens with zero attached hydrogens (tertiary/aromatic N) is 5. The minimum absolute atomic E-state index is 0.000133. The monoisotopic (exact) mass is 439 g/mol. The van der Waals surface area contributed by atoms with E-state index in [1.165, 1.54) is 0 Å². The lowest BCUT2D eigenvalue weighted by atomic mass is 10.1. The lowest BCUT2D eigenvalue weighted by molar-refractivity contribution is -0.138. The van der Waals surface area contributed by atoms with Gasteiger partial charge in [-0.2, -0.15) is 0 Å². The van der Waals surface area contributed by atoms with Crippen LogP contribution in [0.15, 0.2) is 79.1 Å². The molecule has 33 heavy (non-hydrogen) atoms. The molecule has 1 atom stereocenters. The van der Waals surface area contributed by atoms with Crippen molar-refractivity contribution in [1.29, 1.82) is 0 Å². The number of hydrogen-bond acceptors (Lipinski definition) is 6. The van der Waals surface area contributed by atoms with Crippen LogP contribution in [0.3, 0.4) is 0 Å². The molecule has 0 unspecified atom stereocenters. The fraction of sp³-hybridized carbons (Fsp3) is 0.231. The van der Waals surface area contributed by atoms with Gasteiger partial charge in [0, 0.05) is 37.9 Å². The molecule has 1 saturated heterocycles. The van der Waals surface area contributed by atoms with Gasteiger partial charge in [-0.1, -0.05) is 18.2 Å². The summed E-state index contributed by atoms with van der Waals surface area (Å²) in [5, 5.41) is 0. The third-order valence-corrected chi connectivity index (χ3v) is 5.82. The van der Waals surface area contributed by atoms with E-state index in [-0.39, 0.29) is 5.91 Å². The summed E-state index contributed by atoms with van der Waals surface area (Å²) in [5.41, 5.74) is 3.48. The molecule has 2 aromatic heterocycles. The Morgan fingerprint density at radius 1 is 0.879 bits per heavy atom. The van der Waals surface area contributed by atoms with Crippen molar-refractivity contribution in [1.82, 2.24) is 19.9 Å². The summed E-state index contributed by atoms with van der Waals surface area (Å²) in [6.07, 6.45) is 3.01. The van der Waals surface area contributed by atoms with E-state index in [1.54, 1.807) is 19.3 Å². The molecule has 1 aliphatic rings. The predicted molar refractivity (Wildman–Crippen MR) is 128 cm³/mol. The van der Waals surface area contributed by atoms with E-state index in [4.69, 9.17) is 4.74 Å². The summed E-state index contributed by atoms with van der Waals surface area (Å²) in [6, 6.07) is 21.3. The van der Waals surface area contributed by atoms with Gasteiger partial charge in [0.25, 0.3) is 5.91 Å². The number of para-hydroxylation sites is 2. The summed E-state index contributed by atoms with van der Waals surface area (Å²) in [4.78, 5) is 30.5. The maximum atomic E-state index is 12.9. The fourth-order valence-corrected chi connectivity index (χ4v) is 4.01. The average Bonchev–Trinajstić information content (AvgIpc) is 2.89. The number of ether oxygens (including phenoxy) is 1. The average molecular weight is 440 g/mol. The molecule has 0 N–H and O–H groups in total. The molecular weight excluding hydrogens is 414 g/mol. The van der Waals surface area contributed by atoms with Gasteiger partial charge in [0.1, 0.15) is 11.6 Å². The Hall–Kier alpha value is -4.00. The summed E-state index contributed by atoms with van der Waals surface area (Å²) in [7, 11) is 0. The second-order valence-electron chi connectivity index (χ2n) is 8.03. The number of anilines is 1. The molecule has 0 spiro atoms. The van der Waals surface area contributed by atoms with Crippen LogP contribution in [0.1, 0.15) is 6.92 Å². The van der Waals surface area contributed by atoms with Crippen LogP contribution in [0, 0.1) is 0 Å². The van der Waals surface area contributed by atoms with Gasteiger partial charge < -0.3 is 14.5 Å². The summed E-state index contributed by atoms with van der Waals surface area (Å²) in [5.74, 6) is 1.60. The summed E-state index contributed by atoms with van der Waals surface area (Å²) in [6.45, 7) is 4.63. The first-order valence-corrected chi connectivity index (χ1v) is 11.1. The van der Waals surface area contributed by atoms with Gasteiger partial charge in [-0.05, 0) is 55.5 Å². The zero-order chi connectivity index (χ0) is 22.6. The van der Waals surface area contributed by atoms with E-state index < -0.39 is 6.10 Å². The fourth-order valence-electron chi connectivity index (χ4n) is 4.01. The van der Waals surface area contributed by atoms with Crippen LogP contribution in [0.25, 0.3) is 22.3 Å². The standard InChI is InChI=1S/C26H25N5O2/c1-19(26(32)31-16-14-30(15-17-31)25-8-4-5-13-27-25)33-21-11-9-20(10-12-21)24-18-28-22-6-2-3-7-23(22)29-24/h2-13,18-19H,14-17H2,1H3/t19-/m0/s1. The highest BCUT2D eigenvalue weighted by atomic mass is 16.5. The highest BCUT2D eigenvalue weighted by Gasteiger charge is 2.26. The number of pyridine rings is 1. The minimum Gasteiger partial charge on any atom is -0.481 e. The highest BCUT2D eigenvalue weighted by Crippen LogP contribution is 2.23. The van der Waals surface area contributed by atoms with Crippen molar-refractivity contribution in [3.8, 4) is 17.0 Å². The third-order valence-electron chi connectivity index (χ3n) is 5.82. The van der Waals surface area contributed by atoms with E-state index in [1.807, 2.05) is 71.6 Å². The molecular formula is C26H25N5O2. The molecule has 7 heteroatoms. The van der Waals surface area contributed by atoms with Crippen LogP contribution in [0.2, 0.25) is 0 Å². The number of amides is 1. The molecule has 0 saturated carbocycles. The number of piperazine rings is 1. The first-order chi connectivity index (χ1) is 16.2. The Labute approximate surface area is 192 Å². The number of rotatable bonds is 5. The van der Waals surface area contributed by atoms with Gasteiger partial charge in [-0.25, -0.2) is 9.97 Å². The molecule has 1 aliphatic heterocycles. The van der Waals surface area contributed by atoms with Crippen LogP contribution in [-0.2, 0) is 4.79 Å². The third kappa shape index (κ3) is 4.62. The number of carbonyl (C=O) groups is 1. The van der Waals surface area contributed by atoms with Gasteiger partial charge in [0.2, 0.25) is 0 Å². The van der Waals surface area contributed by atoms with E-state index >= 15 is 0 Å². The maximum absolute atomic E-state index is 12.9. The molecule has 7 nitrogen and oxygen atoms in total. The maximum Gasteiger partial charge on any atom is 0.263 e. The molecule has 5 rings (SSSR count). The number of carbonyl (C=O) groups excluding carboxylic acids is 1. The molecule has 1 amide bonds. The van der Waals surface area contributed by atoms with Crippen LogP contribution in [0.5, 0.6) is 5.75 Å². The van der Waals surface area contributed by atoms with Crippen LogP contribution in [-0.4, -0.2) is 58.0 Å². The molecule has 166 valence electrons. The molecule has 2 aromatic carbocycles. The van der Waals surface area contributed by atoms with E-state index in [0.29, 0.717) is 18.8 Å². The van der Waals surface area contributed by atoms with Gasteiger partial charge in [-0.15, -0.1) is 0 Å². The van der Waals surface area contributed by atoms with Gasteiger partial charge in [0.05, 0.1) is 22.9 Å². The van der Waals surface area contributed by atoms with Crippen LogP contribution in [0.4, 0.5) is 5.82 Å². The number of benzene rings is 2. The topological polar surface area (TPSA) is 71.5 Å². The molecule has 3 heterocycles. The Kier molecular flexibility index (Phi) is 5.85. The smallest absolute Gasteiger partial charge is 0.263 e. The highest BCUT2D eigenvalue weighted by molar-refractivity contribution is 5.81. The number of fused-ring (bicyclic) bond motifs is 1. The second kappa shape index (κ2) is 9.24. The quantitative estimate of drug-likeness (QED) is 0.471. The van der Waals surface area contributed by atoms with Crippen molar-refractivity contribution in [3.05, 3.63) is 79.1 Å². The lowest BCUT2D eigenvalue weighted by Crippen LogP contribution is -2.52. The lowest BCUT2D eigenvalue weighted by Gasteiger charge is -2.36. The van der Waals surface area contributed by atoms with Crippen molar-refractivity contribution in [2.75, 3.05) is 31.1 Å². The zero-order valence-electron chi connectivity index (χ0n) is 18.5. The first kappa shape index (κ1) is 20.9. The van der Waals surface area contributed by atoms with E-state index in [2.05, 4.69) is 19.9 Å². The second-order valence-corrected chi connectivity index (χ2v) is 8.03. The normalized spacial score (nSPS) is 14.8. The SMILES string of the molecule is C[C@H](Oc1ccc(-c2cnc3ccccc3n2)cc1)C(=O)N1CCN(c2ccccn2)CC1. The summed E-state index contributed by atoms with van der Waals surface area (Å²) >= 11 is 0. The molecule has 0 radical (unpaired) electrons. The van der Waals surface area contributed by atoms with E-state index in [0.717, 1.165) is 41.2 Å². The number of aromatic nitrogens is 3. The Morgan fingerprint density at radius 2 is 1.61 bits per heavy atom. The van der Waals surface area contributed by atoms with Crippen molar-refractivity contribution >= 4 is 22.8 Å². The van der Waals surface area contributed by atoms with Crippen LogP contribution >= 0.6 is 0 Å². The van der Waals surface area contributed by atoms with Crippen molar-refractivity contribution in [2.45, 2.75) is 13.0 Å². The molecule has 0 aliphatic carbocycles. The Bertz CT molecular complexity index is 1240. The number of hydrogen-bond donors (Lipinski definition) is 0. The zero-order valence-corrected chi connectivity index (χ0v) is 18.5. The summed E-state index contributed by atoms with van der Waals surface area (Å²) < 4.78 is 5.95. The largest absolute Gasteiger partial charge is 0.481 e. The van der Waals surface area contributed by atoms with Crippen LogP contribution < -0.4 is 9.64 Å². The van der Waals surface area contributed by atoms with Crippen molar-refractivity contribution < 1.29 is 9.53 Å². The van der Waals surface area contributed by atoms with Gasteiger partial charge in [0.15, 0.2) is 6.10 Å². The Balaban J connectivity index is 1.19. The molecule has 0 bridgehead atoms. The van der Waals surface area contributed by atoms with E-state index in [9.17, 15) is 4.79 Å².